The molecule has 1 aromatic rings. The Morgan fingerprint density at radius 3 is 2.47 bits per heavy atom. The van der Waals surface area contributed by atoms with Crippen LogP contribution in [0.1, 0.15) is 18.1 Å². The molecule has 0 radical (unpaired) electrons. The van der Waals surface area contributed by atoms with Crippen LogP contribution in [-0.4, -0.2) is 35.9 Å². The maximum atomic E-state index is 11.9. The Kier molecular flexibility index (Phi) is 1.97. The van der Waals surface area contributed by atoms with Crippen molar-refractivity contribution in [2.24, 2.45) is 0 Å². The molecule has 1 N–H and O–H groups in total. The average Bonchev–Trinajstić information content (AvgIpc) is 2.67. The van der Waals surface area contributed by atoms with Crippen LogP contribution in [0.5, 0.6) is 5.75 Å². The van der Waals surface area contributed by atoms with E-state index in [0.29, 0.717) is 0 Å². The van der Waals surface area contributed by atoms with E-state index in [2.05, 4.69) is 0 Å². The number of phenols is 1. The lowest BCUT2D eigenvalue weighted by atomic mass is 10.1. The van der Waals surface area contributed by atoms with Gasteiger partial charge in [-0.1, -0.05) is 6.07 Å². The van der Waals surface area contributed by atoms with E-state index in [1.165, 1.54) is 5.56 Å². The third kappa shape index (κ3) is 1.24. The van der Waals surface area contributed by atoms with Crippen LogP contribution in [-0.2, 0) is 22.9 Å². The second-order valence-electron chi connectivity index (χ2n) is 5.19. The molecule has 3 atom stereocenters. The maximum absolute atomic E-state index is 11.9. The normalized spacial score (nSPS) is 37.8. The van der Waals surface area contributed by atoms with Crippen LogP contribution in [0.15, 0.2) is 18.2 Å². The molecule has 1 aliphatic heterocycles. The summed E-state index contributed by atoms with van der Waals surface area (Å²) in [6, 6.07) is 5.42. The Bertz CT molecular complexity index is 596. The molecule has 0 bridgehead atoms. The van der Waals surface area contributed by atoms with Crippen LogP contribution < -0.4 is 0 Å². The molecule has 92 valence electrons. The lowest BCUT2D eigenvalue weighted by Gasteiger charge is -2.16. The molecule has 1 heterocycles. The van der Waals surface area contributed by atoms with Crippen molar-refractivity contribution in [3.63, 3.8) is 0 Å². The molecule has 3 rings (SSSR count). The molecule has 2 unspecified atom stereocenters. The van der Waals surface area contributed by atoms with Gasteiger partial charge >= 0.3 is 10.0 Å². The van der Waals surface area contributed by atoms with Crippen LogP contribution in [0.2, 0.25) is 0 Å². The Morgan fingerprint density at radius 1 is 1.29 bits per heavy atom. The number of likely N-dealkylation sites (N-methyl/N-ethyl adjacent to an activating group) is 1. The van der Waals surface area contributed by atoms with E-state index in [1.54, 1.807) is 26.1 Å². The highest BCUT2D eigenvalue weighted by atomic mass is 32.2. The van der Waals surface area contributed by atoms with E-state index in [4.69, 9.17) is 0 Å². The summed E-state index contributed by atoms with van der Waals surface area (Å²) in [5.74, 6) is 0.258. The third-order valence-corrected chi connectivity index (χ3v) is 7.28. The van der Waals surface area contributed by atoms with Crippen LogP contribution in [0.3, 0.4) is 0 Å². The van der Waals surface area contributed by atoms with Crippen LogP contribution in [0.25, 0.3) is 0 Å². The molecular weight excluding hydrogens is 238 g/mol. The summed E-state index contributed by atoms with van der Waals surface area (Å²) in [6.07, 6.45) is 1.53. The molecule has 0 aromatic heterocycles. The van der Waals surface area contributed by atoms with Crippen molar-refractivity contribution < 1.29 is 17.4 Å². The summed E-state index contributed by atoms with van der Waals surface area (Å²) in [4.78, 5) is 0. The van der Waals surface area contributed by atoms with Crippen LogP contribution in [0, 0.1) is 0 Å². The Labute approximate surface area is 101 Å². The van der Waals surface area contributed by atoms with E-state index < -0.39 is 10.0 Å². The molecular formula is C12H16NO3S+. The van der Waals surface area contributed by atoms with Gasteiger partial charge in [-0.2, -0.15) is 12.3 Å². The minimum Gasteiger partial charge on any atom is -0.508 e. The standard InChI is InChI=1S/C12H15NO3S/c1-8-13(2,17(8,15)16)11-5-9-3-4-12(14)7-10(9)6-11/h3-4,7-8,11H,5-6H2,1-2H3/p+1/t8?,11-,13?/m1/s1. The van der Waals surface area contributed by atoms with Crippen molar-refractivity contribution in [2.75, 3.05) is 7.05 Å². The van der Waals surface area contributed by atoms with Crippen molar-refractivity contribution in [3.8, 4) is 5.75 Å². The number of rotatable bonds is 1. The fourth-order valence-corrected chi connectivity index (χ4v) is 5.07. The summed E-state index contributed by atoms with van der Waals surface area (Å²) < 4.78 is 23.9. The number of aromatic hydroxyl groups is 1. The molecule has 0 amide bonds. The summed E-state index contributed by atoms with van der Waals surface area (Å²) in [5.41, 5.74) is 2.25. The molecule has 1 saturated heterocycles. The highest BCUT2D eigenvalue weighted by molar-refractivity contribution is 7.91. The maximum Gasteiger partial charge on any atom is 0.352 e. The van der Waals surface area contributed by atoms with E-state index in [1.807, 2.05) is 6.07 Å². The number of phenolic OH excluding ortho intramolecular Hbond substituents is 1. The number of quaternary nitrogens is 1. The Balaban J connectivity index is 1.94. The lowest BCUT2D eigenvalue weighted by Crippen LogP contribution is -2.37. The zero-order chi connectivity index (χ0) is 12.4. The number of benzene rings is 1. The number of hydrogen-bond acceptors (Lipinski definition) is 3. The molecule has 0 saturated carbocycles. The summed E-state index contributed by atoms with van der Waals surface area (Å²) in [5, 5.41) is 9.15. The van der Waals surface area contributed by atoms with E-state index in [9.17, 15) is 13.5 Å². The molecule has 2 aliphatic rings. The van der Waals surface area contributed by atoms with Crippen molar-refractivity contribution >= 4 is 10.0 Å². The number of sulfonamides is 1. The van der Waals surface area contributed by atoms with Gasteiger partial charge in [-0.05, 0) is 23.3 Å². The average molecular weight is 254 g/mol. The second-order valence-corrected chi connectivity index (χ2v) is 7.69. The van der Waals surface area contributed by atoms with Crippen LogP contribution in [0.4, 0.5) is 0 Å². The Morgan fingerprint density at radius 2 is 1.88 bits per heavy atom. The first-order valence-corrected chi connectivity index (χ1v) is 7.28. The van der Waals surface area contributed by atoms with Gasteiger partial charge in [0.25, 0.3) is 5.37 Å². The van der Waals surface area contributed by atoms with Gasteiger partial charge in [0.05, 0.1) is 7.05 Å². The zero-order valence-corrected chi connectivity index (χ0v) is 10.7. The van der Waals surface area contributed by atoms with Crippen molar-refractivity contribution in [2.45, 2.75) is 31.2 Å². The molecule has 5 heteroatoms. The monoisotopic (exact) mass is 254 g/mol. The number of nitrogens with zero attached hydrogens (tertiary/aromatic N) is 1. The first-order valence-electron chi connectivity index (χ1n) is 5.78. The first-order chi connectivity index (χ1) is 7.87. The van der Waals surface area contributed by atoms with Gasteiger partial charge in [-0.3, -0.25) is 0 Å². The van der Waals surface area contributed by atoms with Gasteiger partial charge in [0, 0.05) is 19.8 Å². The van der Waals surface area contributed by atoms with Gasteiger partial charge in [0.15, 0.2) is 0 Å². The van der Waals surface area contributed by atoms with Crippen LogP contribution >= 0.6 is 0 Å². The third-order valence-electron chi connectivity index (χ3n) is 4.48. The predicted molar refractivity (Wildman–Crippen MR) is 63.9 cm³/mol. The van der Waals surface area contributed by atoms with Gasteiger partial charge in [0.2, 0.25) is 0 Å². The van der Waals surface area contributed by atoms with Crippen molar-refractivity contribution in [1.29, 1.82) is 0 Å². The molecule has 1 aromatic carbocycles. The summed E-state index contributed by atoms with van der Waals surface area (Å²) in [6.45, 7) is 1.77. The topological polar surface area (TPSA) is 54.4 Å². The highest BCUT2D eigenvalue weighted by Crippen LogP contribution is 2.47. The molecule has 0 spiro atoms. The zero-order valence-electron chi connectivity index (χ0n) is 9.92. The molecule has 17 heavy (non-hydrogen) atoms. The Hall–Kier alpha value is -1.07. The number of hydrogen-bond donors (Lipinski definition) is 1. The quantitative estimate of drug-likeness (QED) is 0.601. The fourth-order valence-electron chi connectivity index (χ4n) is 3.01. The van der Waals surface area contributed by atoms with Gasteiger partial charge < -0.3 is 5.11 Å². The van der Waals surface area contributed by atoms with E-state index >= 15 is 0 Å². The van der Waals surface area contributed by atoms with Crippen molar-refractivity contribution in [3.05, 3.63) is 29.3 Å². The first kappa shape index (κ1) is 11.0. The lowest BCUT2D eigenvalue weighted by molar-refractivity contribution is -0.757. The fraction of sp³-hybridized carbons (Fsp3) is 0.500. The smallest absolute Gasteiger partial charge is 0.352 e. The van der Waals surface area contributed by atoms with E-state index in [0.717, 1.165) is 18.4 Å². The second kappa shape index (κ2) is 3.03. The summed E-state index contributed by atoms with van der Waals surface area (Å²) >= 11 is 0. The number of fused-ring (bicyclic) bond motifs is 1. The molecule has 1 aliphatic carbocycles. The minimum atomic E-state index is -2.97. The largest absolute Gasteiger partial charge is 0.508 e. The van der Waals surface area contributed by atoms with Gasteiger partial charge in [-0.15, -0.1) is 0 Å². The van der Waals surface area contributed by atoms with E-state index in [-0.39, 0.29) is 21.1 Å². The van der Waals surface area contributed by atoms with Gasteiger partial charge in [-0.25, -0.2) is 0 Å². The van der Waals surface area contributed by atoms with Crippen molar-refractivity contribution in [1.82, 2.24) is 0 Å². The van der Waals surface area contributed by atoms with Gasteiger partial charge in [0.1, 0.15) is 11.8 Å². The highest BCUT2D eigenvalue weighted by Gasteiger charge is 2.71. The minimum absolute atomic E-state index is 0.104. The molecule has 1 fully saturated rings. The molecule has 4 nitrogen and oxygen atoms in total. The predicted octanol–water partition coefficient (Wildman–Crippen LogP) is 0.995. The SMILES string of the molecule is CC1[N+](C)([C@@H]2Cc3ccc(O)cc3C2)S1(=O)=O. The summed E-state index contributed by atoms with van der Waals surface area (Å²) in [7, 11) is -1.17.